The van der Waals surface area contributed by atoms with Crippen molar-refractivity contribution in [2.24, 2.45) is 5.10 Å². The van der Waals surface area contributed by atoms with Gasteiger partial charge in [0.25, 0.3) is 5.56 Å². The molecule has 1 heterocycles. The van der Waals surface area contributed by atoms with Crippen LogP contribution in [0.3, 0.4) is 0 Å². The predicted octanol–water partition coefficient (Wildman–Crippen LogP) is 4.37. The Bertz CT molecular complexity index is 1280. The lowest BCUT2D eigenvalue weighted by Crippen LogP contribution is -2.23. The van der Waals surface area contributed by atoms with Crippen LogP contribution < -0.4 is 10.3 Å². The van der Waals surface area contributed by atoms with Gasteiger partial charge < -0.3 is 4.74 Å². The fraction of sp³-hybridized carbons (Fsp3) is 0.238. The number of aromatic nitrogens is 2. The van der Waals surface area contributed by atoms with Gasteiger partial charge >= 0.3 is 5.69 Å². The molecule has 3 rings (SSSR count). The summed E-state index contributed by atoms with van der Waals surface area (Å²) in [4.78, 5) is 28.6. The summed E-state index contributed by atoms with van der Waals surface area (Å²) in [5.74, 6) is 0.327. The van der Waals surface area contributed by atoms with Crippen molar-refractivity contribution < 1.29 is 9.66 Å². The maximum atomic E-state index is 13.2. The molecule has 158 valence electrons. The molecule has 10 heteroatoms. The topological polar surface area (TPSA) is 123 Å². The van der Waals surface area contributed by atoms with Crippen molar-refractivity contribution in [2.45, 2.75) is 26.2 Å². The third-order valence-corrected chi connectivity index (χ3v) is 5.19. The molecule has 0 N–H and O–H groups in total. The number of nitro benzene ring substituents is 1. The average Bonchev–Trinajstić information content (AvgIpc) is 2.76. The molecule has 0 aliphatic carbocycles. The fourth-order valence-electron chi connectivity index (χ4n) is 2.95. The lowest BCUT2D eigenvalue weighted by atomic mass is 10.1. The minimum atomic E-state index is -0.601. The number of hydrogen-bond donors (Lipinski definition) is 0. The van der Waals surface area contributed by atoms with Gasteiger partial charge in [-0.2, -0.15) is 15.0 Å². The second-order valence-corrected chi connectivity index (χ2v) is 7.62. The molecule has 0 aliphatic rings. The summed E-state index contributed by atoms with van der Waals surface area (Å²) in [6, 6.07) is 11.3. The summed E-state index contributed by atoms with van der Waals surface area (Å²) >= 11 is 3.36. The molecule has 2 aromatic carbocycles. The van der Waals surface area contributed by atoms with Crippen LogP contribution in [-0.2, 0) is 0 Å². The van der Waals surface area contributed by atoms with E-state index >= 15 is 0 Å². The van der Waals surface area contributed by atoms with Crippen LogP contribution in [-0.4, -0.2) is 27.4 Å². The Kier molecular flexibility index (Phi) is 6.77. The maximum absolute atomic E-state index is 13.2. The summed E-state index contributed by atoms with van der Waals surface area (Å²) in [6.45, 7) is 3.55. The van der Waals surface area contributed by atoms with Crippen molar-refractivity contribution in [3.63, 3.8) is 0 Å². The molecular weight excluding hydrogens is 466 g/mol. The number of halogens is 1. The van der Waals surface area contributed by atoms with E-state index in [1.165, 1.54) is 23.0 Å². The minimum Gasteiger partial charge on any atom is -0.471 e. The van der Waals surface area contributed by atoms with Crippen LogP contribution in [0.1, 0.15) is 37.6 Å². The maximum Gasteiger partial charge on any atom is 0.311 e. The first-order valence-corrected chi connectivity index (χ1v) is 10.2. The highest BCUT2D eigenvalue weighted by Gasteiger charge is 2.19. The second-order valence-electron chi connectivity index (χ2n) is 6.70. The van der Waals surface area contributed by atoms with E-state index in [2.05, 4.69) is 26.0 Å². The molecule has 31 heavy (non-hydrogen) atoms. The van der Waals surface area contributed by atoms with Crippen molar-refractivity contribution in [1.82, 2.24) is 9.66 Å². The highest BCUT2D eigenvalue weighted by atomic mass is 79.9. The molecule has 0 saturated carbocycles. The van der Waals surface area contributed by atoms with E-state index in [1.54, 1.807) is 24.3 Å². The number of benzene rings is 2. The third-order valence-electron chi connectivity index (χ3n) is 4.70. The number of hydrogen-bond acceptors (Lipinski definition) is 7. The van der Waals surface area contributed by atoms with Crippen LogP contribution in [0.25, 0.3) is 10.9 Å². The van der Waals surface area contributed by atoms with E-state index in [0.29, 0.717) is 16.7 Å². The SMILES string of the molecule is CC[C@@H](C)c1nc2ccc(Br)cc2c(=O)n1N=Cc1cccc([N+](=O)[O-])c1OCC#N. The first-order chi connectivity index (χ1) is 14.9. The second kappa shape index (κ2) is 9.49. The van der Waals surface area contributed by atoms with Crippen molar-refractivity contribution in [2.75, 3.05) is 6.61 Å². The quantitative estimate of drug-likeness (QED) is 0.279. The van der Waals surface area contributed by atoms with Crippen LogP contribution in [0.5, 0.6) is 5.75 Å². The van der Waals surface area contributed by atoms with E-state index < -0.39 is 4.92 Å². The van der Waals surface area contributed by atoms with Gasteiger partial charge in [0.2, 0.25) is 5.75 Å². The molecule has 0 saturated heterocycles. The first kappa shape index (κ1) is 22.1. The van der Waals surface area contributed by atoms with E-state index in [0.717, 1.165) is 10.9 Å². The summed E-state index contributed by atoms with van der Waals surface area (Å²) in [5.41, 5.74) is 0.168. The molecule has 0 bridgehead atoms. The normalized spacial score (nSPS) is 12.1. The molecule has 0 fully saturated rings. The number of para-hydroxylation sites is 1. The minimum absolute atomic E-state index is 0.0580. The predicted molar refractivity (Wildman–Crippen MR) is 120 cm³/mol. The van der Waals surface area contributed by atoms with E-state index in [4.69, 9.17) is 10.00 Å². The number of nitro groups is 1. The molecular formula is C21H18BrN5O4. The largest absolute Gasteiger partial charge is 0.471 e. The van der Waals surface area contributed by atoms with Gasteiger partial charge in [-0.15, -0.1) is 0 Å². The van der Waals surface area contributed by atoms with Gasteiger partial charge in [-0.25, -0.2) is 4.98 Å². The molecule has 0 aliphatic heterocycles. The monoisotopic (exact) mass is 483 g/mol. The van der Waals surface area contributed by atoms with E-state index in [1.807, 2.05) is 19.9 Å². The van der Waals surface area contributed by atoms with Crippen LogP contribution in [0.15, 0.2) is 50.8 Å². The lowest BCUT2D eigenvalue weighted by Gasteiger charge is -2.14. The summed E-state index contributed by atoms with van der Waals surface area (Å²) < 4.78 is 7.22. The Morgan fingerprint density at radius 3 is 2.87 bits per heavy atom. The van der Waals surface area contributed by atoms with Crippen molar-refractivity contribution in [1.29, 1.82) is 5.26 Å². The number of rotatable bonds is 7. The smallest absolute Gasteiger partial charge is 0.311 e. The Morgan fingerprint density at radius 1 is 1.42 bits per heavy atom. The Hall–Kier alpha value is -3.58. The molecule has 0 amide bonds. The Balaban J connectivity index is 2.20. The van der Waals surface area contributed by atoms with E-state index in [-0.39, 0.29) is 35.1 Å². The van der Waals surface area contributed by atoms with Crippen LogP contribution in [0.2, 0.25) is 0 Å². The van der Waals surface area contributed by atoms with Gasteiger partial charge in [-0.1, -0.05) is 35.8 Å². The van der Waals surface area contributed by atoms with Gasteiger partial charge in [0.1, 0.15) is 11.9 Å². The zero-order valence-electron chi connectivity index (χ0n) is 16.8. The first-order valence-electron chi connectivity index (χ1n) is 9.41. The lowest BCUT2D eigenvalue weighted by molar-refractivity contribution is -0.385. The number of fused-ring (bicyclic) bond motifs is 1. The standard InChI is InChI=1S/C21H18BrN5O4/c1-3-13(2)20-25-17-8-7-15(22)11-16(17)21(28)26(20)24-12-14-5-4-6-18(27(29)30)19(14)31-10-9-23/h4-8,11-13H,3,10H2,1-2H3/t13-/m1/s1. The zero-order chi connectivity index (χ0) is 22.5. The van der Waals surface area contributed by atoms with Crippen LogP contribution in [0.4, 0.5) is 5.69 Å². The molecule has 1 atom stereocenters. The molecule has 9 nitrogen and oxygen atoms in total. The average molecular weight is 484 g/mol. The van der Waals surface area contributed by atoms with Crippen LogP contribution >= 0.6 is 15.9 Å². The van der Waals surface area contributed by atoms with Crippen molar-refractivity contribution in [3.8, 4) is 11.8 Å². The van der Waals surface area contributed by atoms with Crippen molar-refractivity contribution in [3.05, 3.63) is 72.7 Å². The van der Waals surface area contributed by atoms with Gasteiger partial charge in [0, 0.05) is 22.0 Å². The highest BCUT2D eigenvalue weighted by Crippen LogP contribution is 2.30. The molecule has 1 aromatic heterocycles. The van der Waals surface area contributed by atoms with Gasteiger partial charge in [0.15, 0.2) is 6.61 Å². The highest BCUT2D eigenvalue weighted by molar-refractivity contribution is 9.10. The van der Waals surface area contributed by atoms with Gasteiger partial charge in [0.05, 0.1) is 22.0 Å². The fourth-order valence-corrected chi connectivity index (χ4v) is 3.31. The Morgan fingerprint density at radius 2 is 2.19 bits per heavy atom. The Labute approximate surface area is 185 Å². The van der Waals surface area contributed by atoms with Gasteiger partial charge in [-0.3, -0.25) is 14.9 Å². The zero-order valence-corrected chi connectivity index (χ0v) is 18.4. The molecule has 0 unspecified atom stereocenters. The number of nitrogens with zero attached hydrogens (tertiary/aromatic N) is 5. The summed E-state index contributed by atoms with van der Waals surface area (Å²) in [5, 5.41) is 24.9. The van der Waals surface area contributed by atoms with Gasteiger partial charge in [-0.05, 0) is 30.7 Å². The third kappa shape index (κ3) is 4.62. The molecule has 0 spiro atoms. The summed E-state index contributed by atoms with van der Waals surface area (Å²) in [6.07, 6.45) is 2.04. The van der Waals surface area contributed by atoms with Crippen LogP contribution in [0, 0.1) is 21.4 Å². The molecule has 3 aromatic rings. The number of nitriles is 1. The number of ether oxygens (including phenoxy) is 1. The van der Waals surface area contributed by atoms with E-state index in [9.17, 15) is 14.9 Å². The van der Waals surface area contributed by atoms with Crippen molar-refractivity contribution >= 4 is 38.7 Å². The summed E-state index contributed by atoms with van der Waals surface area (Å²) in [7, 11) is 0. The molecule has 0 radical (unpaired) electrons.